The molecule has 0 radical (unpaired) electrons. The van der Waals surface area contributed by atoms with Crippen molar-refractivity contribution in [2.75, 3.05) is 11.5 Å². The number of carbonyl (C=O) groups excluding carboxylic acids is 1. The highest BCUT2D eigenvalue weighted by Crippen LogP contribution is 2.30. The average Bonchev–Trinajstić information content (AvgIpc) is 3.40. The van der Waals surface area contributed by atoms with Crippen LogP contribution < -0.4 is 16.6 Å². The maximum atomic E-state index is 14.1. The lowest BCUT2D eigenvalue weighted by Crippen LogP contribution is -2.46. The molecule has 192 valence electrons. The lowest BCUT2D eigenvalue weighted by Gasteiger charge is -2.31. The molecule has 37 heavy (non-hydrogen) atoms. The molecule has 2 fully saturated rings. The highest BCUT2D eigenvalue weighted by molar-refractivity contribution is 7.99. The Labute approximate surface area is 215 Å². The molecule has 0 bridgehead atoms. The summed E-state index contributed by atoms with van der Waals surface area (Å²) >= 11 is 1.84. The van der Waals surface area contributed by atoms with Gasteiger partial charge >= 0.3 is 5.69 Å². The molecule has 0 unspecified atom stereocenters. The summed E-state index contributed by atoms with van der Waals surface area (Å²) in [5, 5.41) is 3.23. The van der Waals surface area contributed by atoms with E-state index in [9.17, 15) is 18.8 Å². The van der Waals surface area contributed by atoms with Gasteiger partial charge in [0.05, 0.1) is 17.1 Å². The van der Waals surface area contributed by atoms with Crippen molar-refractivity contribution in [3.63, 3.8) is 0 Å². The van der Waals surface area contributed by atoms with Gasteiger partial charge in [-0.3, -0.25) is 18.7 Å². The number of halogens is 1. The average molecular weight is 523 g/mol. The van der Waals surface area contributed by atoms with Crippen LogP contribution in [0.25, 0.3) is 16.7 Å². The van der Waals surface area contributed by atoms with Crippen molar-refractivity contribution in [3.05, 3.63) is 75.2 Å². The zero-order valence-corrected chi connectivity index (χ0v) is 21.0. The van der Waals surface area contributed by atoms with Crippen molar-refractivity contribution in [2.45, 2.75) is 56.7 Å². The number of imidazole rings is 1. The SMILES string of the molecule is O=C(NC1CCC(n2c(=O)c3cc(F)cnc3n(C3CCSCC3)c2=O)CC1)c1cccn2ccnc12. The number of nitrogens with zero attached hydrogens (tertiary/aromatic N) is 5. The van der Waals surface area contributed by atoms with Crippen molar-refractivity contribution in [1.29, 1.82) is 0 Å². The van der Waals surface area contributed by atoms with Crippen LogP contribution in [-0.2, 0) is 0 Å². The van der Waals surface area contributed by atoms with Gasteiger partial charge in [-0.15, -0.1) is 0 Å². The molecule has 1 N–H and O–H groups in total. The van der Waals surface area contributed by atoms with Gasteiger partial charge in [-0.1, -0.05) is 0 Å². The summed E-state index contributed by atoms with van der Waals surface area (Å²) in [5.74, 6) is 1.06. The zero-order valence-electron chi connectivity index (χ0n) is 20.2. The standard InChI is InChI=1S/C26H27FN6O3S/c27-16-14-21-23(29-15-16)32(19-7-12-37-13-8-19)26(36)33(25(21)35)18-5-3-17(4-6-18)30-24(34)20-2-1-10-31-11-9-28-22(20)31/h1-2,9-11,14-15,17-19H,3-8,12-13H2,(H,30,34). The van der Waals surface area contributed by atoms with Gasteiger partial charge in [0.15, 0.2) is 0 Å². The van der Waals surface area contributed by atoms with Gasteiger partial charge in [-0.2, -0.15) is 11.8 Å². The van der Waals surface area contributed by atoms with E-state index in [2.05, 4.69) is 15.3 Å². The molecule has 1 aliphatic heterocycles. The first-order valence-electron chi connectivity index (χ1n) is 12.6. The van der Waals surface area contributed by atoms with E-state index >= 15 is 0 Å². The number of carbonyl (C=O) groups is 1. The third kappa shape index (κ3) is 4.35. The van der Waals surface area contributed by atoms with Crippen molar-refractivity contribution in [3.8, 4) is 0 Å². The van der Waals surface area contributed by atoms with Crippen molar-refractivity contribution in [1.82, 2.24) is 28.8 Å². The van der Waals surface area contributed by atoms with Gasteiger partial charge in [-0.05, 0) is 68.2 Å². The number of amides is 1. The highest BCUT2D eigenvalue weighted by Gasteiger charge is 2.30. The van der Waals surface area contributed by atoms with Crippen LogP contribution in [-0.4, -0.2) is 47.0 Å². The minimum atomic E-state index is -0.598. The molecular weight excluding hydrogens is 495 g/mol. The molecule has 2 aliphatic rings. The summed E-state index contributed by atoms with van der Waals surface area (Å²) in [6.07, 6.45) is 10.3. The Bertz CT molecular complexity index is 1600. The van der Waals surface area contributed by atoms with Gasteiger partial charge < -0.3 is 9.72 Å². The first kappa shape index (κ1) is 23.9. The van der Waals surface area contributed by atoms with Gasteiger partial charge in [0.1, 0.15) is 17.1 Å². The van der Waals surface area contributed by atoms with E-state index in [1.165, 1.54) is 10.6 Å². The van der Waals surface area contributed by atoms with E-state index in [0.717, 1.165) is 30.5 Å². The van der Waals surface area contributed by atoms with Crippen molar-refractivity contribution >= 4 is 34.3 Å². The Kier molecular flexibility index (Phi) is 6.31. The van der Waals surface area contributed by atoms with Gasteiger partial charge in [0, 0.05) is 36.7 Å². The lowest BCUT2D eigenvalue weighted by atomic mass is 9.90. The molecule has 9 nitrogen and oxygen atoms in total. The molecule has 0 atom stereocenters. The van der Waals surface area contributed by atoms with Crippen LogP contribution in [0.3, 0.4) is 0 Å². The van der Waals surface area contributed by atoms with Crippen LogP contribution in [0.15, 0.2) is 52.6 Å². The topological polar surface area (TPSA) is 103 Å². The Morgan fingerprint density at radius 2 is 1.73 bits per heavy atom. The Hall–Kier alpha value is -3.47. The number of thioether (sulfide) groups is 1. The number of hydrogen-bond acceptors (Lipinski definition) is 6. The Morgan fingerprint density at radius 1 is 0.973 bits per heavy atom. The molecule has 0 aromatic carbocycles. The first-order chi connectivity index (χ1) is 18.0. The van der Waals surface area contributed by atoms with E-state index in [1.807, 2.05) is 18.0 Å². The number of nitrogens with one attached hydrogen (secondary N) is 1. The van der Waals surface area contributed by atoms with E-state index < -0.39 is 11.4 Å². The van der Waals surface area contributed by atoms with Crippen LogP contribution in [0.2, 0.25) is 0 Å². The Morgan fingerprint density at radius 3 is 2.51 bits per heavy atom. The van der Waals surface area contributed by atoms with Crippen LogP contribution in [0.1, 0.15) is 61.0 Å². The molecule has 4 aromatic rings. The number of aromatic nitrogens is 5. The second kappa shape index (κ2) is 9.77. The fraction of sp³-hybridized carbons (Fsp3) is 0.423. The largest absolute Gasteiger partial charge is 0.349 e. The van der Waals surface area contributed by atoms with E-state index in [4.69, 9.17) is 0 Å². The van der Waals surface area contributed by atoms with Crippen molar-refractivity contribution in [2.24, 2.45) is 0 Å². The molecule has 11 heteroatoms. The quantitative estimate of drug-likeness (QED) is 0.441. The summed E-state index contributed by atoms with van der Waals surface area (Å²) in [6, 6.07) is 4.28. The summed E-state index contributed by atoms with van der Waals surface area (Å²) in [4.78, 5) is 48.6. The second-order valence-corrected chi connectivity index (χ2v) is 11.0. The number of fused-ring (bicyclic) bond motifs is 2. The molecule has 1 saturated carbocycles. The summed E-state index contributed by atoms with van der Waals surface area (Å²) in [6.45, 7) is 0. The monoisotopic (exact) mass is 522 g/mol. The van der Waals surface area contributed by atoms with E-state index in [-0.39, 0.29) is 40.8 Å². The molecule has 1 amide bonds. The maximum Gasteiger partial charge on any atom is 0.333 e. The molecular formula is C26H27FN6O3S. The van der Waals surface area contributed by atoms with Gasteiger partial charge in [0.25, 0.3) is 11.5 Å². The molecule has 5 heterocycles. The predicted octanol–water partition coefficient (Wildman–Crippen LogP) is 3.33. The maximum absolute atomic E-state index is 14.1. The minimum absolute atomic E-state index is 0.0675. The van der Waals surface area contributed by atoms with Crippen molar-refractivity contribution < 1.29 is 9.18 Å². The summed E-state index contributed by atoms with van der Waals surface area (Å²) in [7, 11) is 0. The fourth-order valence-corrected chi connectivity index (χ4v) is 6.75. The number of pyridine rings is 2. The second-order valence-electron chi connectivity index (χ2n) is 9.75. The smallest absolute Gasteiger partial charge is 0.333 e. The van der Waals surface area contributed by atoms with Gasteiger partial charge in [0.2, 0.25) is 0 Å². The van der Waals surface area contributed by atoms with Crippen LogP contribution in [0.4, 0.5) is 4.39 Å². The normalized spacial score (nSPS) is 20.9. The first-order valence-corrected chi connectivity index (χ1v) is 13.8. The van der Waals surface area contributed by atoms with E-state index in [0.29, 0.717) is 36.9 Å². The fourth-order valence-electron chi connectivity index (χ4n) is 5.67. The molecule has 4 aromatic heterocycles. The predicted molar refractivity (Wildman–Crippen MR) is 140 cm³/mol. The minimum Gasteiger partial charge on any atom is -0.349 e. The molecule has 6 rings (SSSR count). The molecule has 0 spiro atoms. The third-order valence-electron chi connectivity index (χ3n) is 7.54. The third-order valence-corrected chi connectivity index (χ3v) is 8.59. The number of hydrogen-bond donors (Lipinski definition) is 1. The molecule has 1 saturated heterocycles. The Balaban J connectivity index is 1.27. The summed E-state index contributed by atoms with van der Waals surface area (Å²) in [5.41, 5.74) is 0.500. The number of rotatable bonds is 4. The summed E-state index contributed by atoms with van der Waals surface area (Å²) < 4.78 is 18.8. The van der Waals surface area contributed by atoms with Gasteiger partial charge in [-0.25, -0.2) is 19.2 Å². The van der Waals surface area contributed by atoms with Crippen LogP contribution in [0, 0.1) is 5.82 Å². The van der Waals surface area contributed by atoms with Crippen LogP contribution in [0.5, 0.6) is 0 Å². The highest BCUT2D eigenvalue weighted by atomic mass is 32.2. The van der Waals surface area contributed by atoms with E-state index in [1.54, 1.807) is 33.5 Å². The zero-order chi connectivity index (χ0) is 25.5. The lowest BCUT2D eigenvalue weighted by molar-refractivity contribution is 0.0923. The van der Waals surface area contributed by atoms with Crippen LogP contribution >= 0.6 is 11.8 Å². The molecule has 1 aliphatic carbocycles.